The maximum Gasteiger partial charge on any atom is 0.272 e. The highest BCUT2D eigenvalue weighted by molar-refractivity contribution is 5.45. The van der Waals surface area contributed by atoms with E-state index < -0.39 is 0 Å². The number of hydrogen-bond donors (Lipinski definition) is 1. The zero-order valence-corrected chi connectivity index (χ0v) is 11.0. The Kier molecular flexibility index (Phi) is 2.83. The number of nitro benzene ring substituents is 1. The van der Waals surface area contributed by atoms with E-state index in [0.717, 1.165) is 30.4 Å². The van der Waals surface area contributed by atoms with Gasteiger partial charge in [-0.2, -0.15) is 0 Å². The Bertz CT molecular complexity index is 531. The maximum atomic E-state index is 11.0. The topological polar surface area (TPSA) is 78.4 Å². The molecule has 2 bridgehead atoms. The van der Waals surface area contributed by atoms with E-state index in [4.69, 9.17) is 10.5 Å². The summed E-state index contributed by atoms with van der Waals surface area (Å²) in [5, 5.41) is 11.0. The maximum absolute atomic E-state index is 11.0. The summed E-state index contributed by atoms with van der Waals surface area (Å²) < 4.78 is 5.82. The second-order valence-corrected chi connectivity index (χ2v) is 5.76. The van der Waals surface area contributed by atoms with Gasteiger partial charge in [0.2, 0.25) is 0 Å². The van der Waals surface area contributed by atoms with Crippen LogP contribution < -0.4 is 5.73 Å². The zero-order valence-electron chi connectivity index (χ0n) is 11.0. The van der Waals surface area contributed by atoms with Crippen molar-refractivity contribution in [2.45, 2.75) is 50.4 Å². The van der Waals surface area contributed by atoms with Gasteiger partial charge in [0.1, 0.15) is 0 Å². The fourth-order valence-corrected chi connectivity index (χ4v) is 3.43. The normalized spacial score (nSPS) is 32.7. The lowest BCUT2D eigenvalue weighted by Gasteiger charge is -2.31. The minimum Gasteiger partial charge on any atom is -0.373 e. The van der Waals surface area contributed by atoms with Crippen molar-refractivity contribution in [3.05, 3.63) is 39.4 Å². The third-order valence-electron chi connectivity index (χ3n) is 4.49. The minimum atomic E-state index is -0.358. The number of benzene rings is 1. The Morgan fingerprint density at radius 1 is 1.53 bits per heavy atom. The van der Waals surface area contributed by atoms with Gasteiger partial charge in [0, 0.05) is 17.2 Å². The van der Waals surface area contributed by atoms with E-state index >= 15 is 0 Å². The number of rotatable bonds is 3. The Morgan fingerprint density at radius 2 is 2.32 bits per heavy atom. The molecule has 1 aromatic carbocycles. The van der Waals surface area contributed by atoms with Crippen molar-refractivity contribution >= 4 is 5.69 Å². The fourth-order valence-electron chi connectivity index (χ4n) is 3.43. The predicted molar refractivity (Wildman–Crippen MR) is 71.0 cm³/mol. The van der Waals surface area contributed by atoms with E-state index in [0.29, 0.717) is 6.42 Å². The molecule has 2 aliphatic heterocycles. The van der Waals surface area contributed by atoms with Gasteiger partial charge in [-0.05, 0) is 38.2 Å². The van der Waals surface area contributed by atoms with Crippen LogP contribution in [0.5, 0.6) is 0 Å². The number of nitrogens with zero attached hydrogens (tertiary/aromatic N) is 1. The molecule has 1 aromatic rings. The first kappa shape index (κ1) is 12.6. The average Bonchev–Trinajstić information content (AvgIpc) is 2.91. The van der Waals surface area contributed by atoms with Gasteiger partial charge in [0.15, 0.2) is 0 Å². The van der Waals surface area contributed by atoms with Crippen molar-refractivity contribution in [2.24, 2.45) is 5.73 Å². The molecule has 2 heterocycles. The van der Waals surface area contributed by atoms with Crippen LogP contribution in [-0.4, -0.2) is 22.7 Å². The van der Waals surface area contributed by atoms with Crippen molar-refractivity contribution < 1.29 is 9.66 Å². The summed E-state index contributed by atoms with van der Waals surface area (Å²) in [6.07, 6.45) is 4.01. The molecule has 0 aliphatic carbocycles. The molecular formula is C14H18N2O3. The number of fused-ring (bicyclic) bond motifs is 2. The summed E-state index contributed by atoms with van der Waals surface area (Å²) in [5.41, 5.74) is 7.98. The standard InChI is InChI=1S/C14H18N2O3/c1-9-10(3-2-4-12(9)16(17)18)7-14(15)8-11-5-6-13(14)19-11/h2-4,11,13H,5-8,15H2,1H3. The van der Waals surface area contributed by atoms with Gasteiger partial charge >= 0.3 is 0 Å². The van der Waals surface area contributed by atoms with Crippen molar-refractivity contribution in [1.82, 2.24) is 0 Å². The lowest BCUT2D eigenvalue weighted by molar-refractivity contribution is -0.385. The van der Waals surface area contributed by atoms with Crippen LogP contribution >= 0.6 is 0 Å². The molecular weight excluding hydrogens is 244 g/mol. The van der Waals surface area contributed by atoms with Gasteiger partial charge in [-0.25, -0.2) is 0 Å². The SMILES string of the molecule is Cc1c(CC2(N)CC3CCC2O3)cccc1[N+](=O)[O-]. The molecule has 0 saturated carbocycles. The molecule has 3 atom stereocenters. The second kappa shape index (κ2) is 4.28. The molecule has 19 heavy (non-hydrogen) atoms. The molecule has 3 rings (SSSR count). The Labute approximate surface area is 111 Å². The number of nitro groups is 1. The minimum absolute atomic E-state index is 0.108. The molecule has 2 fully saturated rings. The van der Waals surface area contributed by atoms with Gasteiger partial charge in [-0.3, -0.25) is 10.1 Å². The van der Waals surface area contributed by atoms with Gasteiger partial charge in [-0.1, -0.05) is 12.1 Å². The van der Waals surface area contributed by atoms with Crippen LogP contribution in [0.15, 0.2) is 18.2 Å². The summed E-state index contributed by atoms with van der Waals surface area (Å²) in [5.74, 6) is 0. The highest BCUT2D eigenvalue weighted by atomic mass is 16.6. The van der Waals surface area contributed by atoms with Crippen LogP contribution in [0.3, 0.4) is 0 Å². The van der Waals surface area contributed by atoms with Crippen molar-refractivity contribution in [3.8, 4) is 0 Å². The van der Waals surface area contributed by atoms with Crippen LogP contribution in [0, 0.1) is 17.0 Å². The molecule has 5 nitrogen and oxygen atoms in total. The largest absolute Gasteiger partial charge is 0.373 e. The summed E-state index contributed by atoms with van der Waals surface area (Å²) in [6.45, 7) is 1.80. The summed E-state index contributed by atoms with van der Waals surface area (Å²) in [7, 11) is 0. The lowest BCUT2D eigenvalue weighted by Crippen LogP contribution is -2.50. The van der Waals surface area contributed by atoms with E-state index in [1.165, 1.54) is 0 Å². The summed E-state index contributed by atoms with van der Waals surface area (Å²) in [4.78, 5) is 10.6. The third-order valence-corrected chi connectivity index (χ3v) is 4.49. The van der Waals surface area contributed by atoms with E-state index in [9.17, 15) is 10.1 Å². The first-order valence-electron chi connectivity index (χ1n) is 6.67. The summed E-state index contributed by atoms with van der Waals surface area (Å²) >= 11 is 0. The van der Waals surface area contributed by atoms with Crippen molar-refractivity contribution in [3.63, 3.8) is 0 Å². The molecule has 2 aliphatic rings. The van der Waals surface area contributed by atoms with E-state index in [1.807, 2.05) is 6.07 Å². The van der Waals surface area contributed by atoms with E-state index in [2.05, 4.69) is 0 Å². The van der Waals surface area contributed by atoms with E-state index in [1.54, 1.807) is 19.1 Å². The average molecular weight is 262 g/mol. The third kappa shape index (κ3) is 2.03. The van der Waals surface area contributed by atoms with Crippen LogP contribution in [0.4, 0.5) is 5.69 Å². The molecule has 0 amide bonds. The first-order valence-corrected chi connectivity index (χ1v) is 6.67. The van der Waals surface area contributed by atoms with Gasteiger partial charge in [-0.15, -0.1) is 0 Å². The number of hydrogen-bond acceptors (Lipinski definition) is 4. The summed E-state index contributed by atoms with van der Waals surface area (Å²) in [6, 6.07) is 5.21. The van der Waals surface area contributed by atoms with Crippen molar-refractivity contribution in [1.29, 1.82) is 0 Å². The van der Waals surface area contributed by atoms with Gasteiger partial charge in [0.05, 0.1) is 17.1 Å². The monoisotopic (exact) mass is 262 g/mol. The molecule has 2 saturated heterocycles. The number of ether oxygens (including phenoxy) is 1. The number of nitrogens with two attached hydrogens (primary N) is 1. The van der Waals surface area contributed by atoms with Crippen LogP contribution in [0.25, 0.3) is 0 Å². The molecule has 2 N–H and O–H groups in total. The quantitative estimate of drug-likeness (QED) is 0.668. The molecule has 0 aromatic heterocycles. The second-order valence-electron chi connectivity index (χ2n) is 5.76. The predicted octanol–water partition coefficient (Wildman–Crippen LogP) is 2.09. The zero-order chi connectivity index (χ0) is 13.6. The smallest absolute Gasteiger partial charge is 0.272 e. The van der Waals surface area contributed by atoms with Crippen LogP contribution in [0.1, 0.15) is 30.4 Å². The van der Waals surface area contributed by atoms with Gasteiger partial charge in [0.25, 0.3) is 5.69 Å². The molecule has 0 spiro atoms. The first-order chi connectivity index (χ1) is 8.99. The molecule has 0 radical (unpaired) electrons. The van der Waals surface area contributed by atoms with Crippen LogP contribution in [-0.2, 0) is 11.2 Å². The lowest BCUT2D eigenvalue weighted by atomic mass is 9.77. The van der Waals surface area contributed by atoms with Crippen LogP contribution in [0.2, 0.25) is 0 Å². The Hall–Kier alpha value is -1.46. The molecule has 5 heteroatoms. The van der Waals surface area contributed by atoms with Crippen molar-refractivity contribution in [2.75, 3.05) is 0 Å². The van der Waals surface area contributed by atoms with E-state index in [-0.39, 0.29) is 28.4 Å². The fraction of sp³-hybridized carbons (Fsp3) is 0.571. The molecule has 102 valence electrons. The molecule has 3 unspecified atom stereocenters. The highest BCUT2D eigenvalue weighted by Crippen LogP contribution is 2.42. The highest BCUT2D eigenvalue weighted by Gasteiger charge is 2.50. The Balaban J connectivity index is 1.88. The Morgan fingerprint density at radius 3 is 2.89 bits per heavy atom. The van der Waals surface area contributed by atoms with Gasteiger partial charge < -0.3 is 10.5 Å².